The van der Waals surface area contributed by atoms with Crippen LogP contribution in [-0.4, -0.2) is 53.4 Å². The molecule has 5 nitrogen and oxygen atoms in total. The van der Waals surface area contributed by atoms with Crippen molar-refractivity contribution in [1.29, 1.82) is 0 Å². The second kappa shape index (κ2) is 7.77. The quantitative estimate of drug-likeness (QED) is 0.799. The summed E-state index contributed by atoms with van der Waals surface area (Å²) < 4.78 is 30.4. The first kappa shape index (κ1) is 17.7. The van der Waals surface area contributed by atoms with Gasteiger partial charge in [-0.3, -0.25) is 0 Å². The summed E-state index contributed by atoms with van der Waals surface area (Å²) in [6.45, 7) is 1.95. The summed E-state index contributed by atoms with van der Waals surface area (Å²) in [6, 6.07) is 12.2. The lowest BCUT2D eigenvalue weighted by molar-refractivity contribution is 0.261. The van der Waals surface area contributed by atoms with Crippen LogP contribution >= 0.6 is 0 Å². The van der Waals surface area contributed by atoms with Gasteiger partial charge in [-0.05, 0) is 49.0 Å². The SMILES string of the molecule is CN(C)CCOc1ccc2cc(CCNS(C)(=O)=O)ccc2c1. The number of hydrogen-bond acceptors (Lipinski definition) is 4. The van der Waals surface area contributed by atoms with Gasteiger partial charge in [-0.1, -0.05) is 24.3 Å². The van der Waals surface area contributed by atoms with Crippen molar-refractivity contribution in [3.8, 4) is 5.75 Å². The number of nitrogens with zero attached hydrogens (tertiary/aromatic N) is 1. The zero-order chi connectivity index (χ0) is 16.9. The molecule has 0 unspecified atom stereocenters. The largest absolute Gasteiger partial charge is 0.492 e. The van der Waals surface area contributed by atoms with Gasteiger partial charge in [-0.25, -0.2) is 13.1 Å². The fourth-order valence-electron chi connectivity index (χ4n) is 2.25. The molecular formula is C17H24N2O3S. The lowest BCUT2D eigenvalue weighted by atomic mass is 10.0. The van der Waals surface area contributed by atoms with Crippen LogP contribution in [0.5, 0.6) is 5.75 Å². The summed E-state index contributed by atoms with van der Waals surface area (Å²) in [5.74, 6) is 0.867. The Kier molecular flexibility index (Phi) is 5.98. The molecule has 0 aliphatic heterocycles. The Balaban J connectivity index is 2.00. The molecule has 6 heteroatoms. The summed E-state index contributed by atoms with van der Waals surface area (Å²) in [7, 11) is 0.908. The molecule has 0 fully saturated rings. The van der Waals surface area contributed by atoms with Crippen molar-refractivity contribution < 1.29 is 13.2 Å². The smallest absolute Gasteiger partial charge is 0.208 e. The molecule has 0 atom stereocenters. The minimum Gasteiger partial charge on any atom is -0.492 e. The third-order valence-electron chi connectivity index (χ3n) is 3.46. The van der Waals surface area contributed by atoms with Crippen molar-refractivity contribution in [1.82, 2.24) is 9.62 Å². The lowest BCUT2D eigenvalue weighted by Gasteiger charge is -2.11. The highest BCUT2D eigenvalue weighted by Crippen LogP contribution is 2.22. The molecule has 0 saturated carbocycles. The highest BCUT2D eigenvalue weighted by molar-refractivity contribution is 7.88. The highest BCUT2D eigenvalue weighted by atomic mass is 32.2. The van der Waals surface area contributed by atoms with Crippen molar-refractivity contribution >= 4 is 20.8 Å². The van der Waals surface area contributed by atoms with E-state index in [9.17, 15) is 8.42 Å². The normalized spacial score (nSPS) is 12.0. The number of ether oxygens (including phenoxy) is 1. The average molecular weight is 336 g/mol. The molecule has 1 N–H and O–H groups in total. The van der Waals surface area contributed by atoms with E-state index in [1.807, 2.05) is 44.4 Å². The number of hydrogen-bond donors (Lipinski definition) is 1. The van der Waals surface area contributed by atoms with Gasteiger partial charge in [-0.15, -0.1) is 0 Å². The first-order valence-electron chi connectivity index (χ1n) is 7.58. The summed E-state index contributed by atoms with van der Waals surface area (Å²) in [5.41, 5.74) is 1.11. The maximum atomic E-state index is 11.1. The monoisotopic (exact) mass is 336 g/mol. The average Bonchev–Trinajstić information content (AvgIpc) is 2.45. The number of benzene rings is 2. The molecule has 0 aliphatic rings. The molecular weight excluding hydrogens is 312 g/mol. The summed E-state index contributed by atoms with van der Waals surface area (Å²) >= 11 is 0. The molecule has 0 radical (unpaired) electrons. The van der Waals surface area contributed by atoms with E-state index in [2.05, 4.69) is 15.7 Å². The molecule has 0 amide bonds. The number of nitrogens with one attached hydrogen (secondary N) is 1. The van der Waals surface area contributed by atoms with Crippen LogP contribution in [0.25, 0.3) is 10.8 Å². The van der Waals surface area contributed by atoms with E-state index in [0.717, 1.165) is 28.6 Å². The Morgan fingerprint density at radius 3 is 2.48 bits per heavy atom. The van der Waals surface area contributed by atoms with Gasteiger partial charge < -0.3 is 9.64 Å². The van der Waals surface area contributed by atoms with Crippen molar-refractivity contribution in [3.05, 3.63) is 42.0 Å². The van der Waals surface area contributed by atoms with Gasteiger partial charge >= 0.3 is 0 Å². The fraction of sp³-hybridized carbons (Fsp3) is 0.412. The maximum Gasteiger partial charge on any atom is 0.208 e. The molecule has 126 valence electrons. The Morgan fingerprint density at radius 1 is 1.09 bits per heavy atom. The van der Waals surface area contributed by atoms with Crippen molar-refractivity contribution in [2.24, 2.45) is 0 Å². The van der Waals surface area contributed by atoms with Gasteiger partial charge in [0, 0.05) is 13.1 Å². The van der Waals surface area contributed by atoms with E-state index in [4.69, 9.17) is 4.74 Å². The Bertz CT molecular complexity index is 758. The third-order valence-corrected chi connectivity index (χ3v) is 4.19. The van der Waals surface area contributed by atoms with Gasteiger partial charge in [0.2, 0.25) is 10.0 Å². The van der Waals surface area contributed by atoms with E-state index in [-0.39, 0.29) is 0 Å². The van der Waals surface area contributed by atoms with Crippen LogP contribution in [-0.2, 0) is 16.4 Å². The predicted molar refractivity (Wildman–Crippen MR) is 94.5 cm³/mol. The van der Waals surface area contributed by atoms with Crippen LogP contribution in [0.3, 0.4) is 0 Å². The molecule has 2 aromatic rings. The first-order chi connectivity index (χ1) is 10.8. The van der Waals surface area contributed by atoms with Gasteiger partial charge in [0.05, 0.1) is 6.26 Å². The van der Waals surface area contributed by atoms with Gasteiger partial charge in [0.1, 0.15) is 12.4 Å². The molecule has 0 aromatic heterocycles. The minimum absolute atomic E-state index is 0.413. The summed E-state index contributed by atoms with van der Waals surface area (Å²) in [6.07, 6.45) is 1.84. The molecule has 23 heavy (non-hydrogen) atoms. The molecule has 0 spiro atoms. The number of rotatable bonds is 8. The molecule has 2 rings (SSSR count). The van der Waals surface area contributed by atoms with E-state index < -0.39 is 10.0 Å². The van der Waals surface area contributed by atoms with Crippen LogP contribution in [0, 0.1) is 0 Å². The second-order valence-electron chi connectivity index (χ2n) is 5.91. The first-order valence-corrected chi connectivity index (χ1v) is 9.47. The van der Waals surface area contributed by atoms with Crippen LogP contribution in [0.2, 0.25) is 0 Å². The zero-order valence-corrected chi connectivity index (χ0v) is 14.7. The van der Waals surface area contributed by atoms with Crippen LogP contribution in [0.1, 0.15) is 5.56 Å². The fourth-order valence-corrected chi connectivity index (χ4v) is 2.72. The second-order valence-corrected chi connectivity index (χ2v) is 7.74. The summed E-state index contributed by atoms with van der Waals surface area (Å²) in [5, 5.41) is 2.24. The number of fused-ring (bicyclic) bond motifs is 1. The van der Waals surface area contributed by atoms with E-state index in [0.29, 0.717) is 19.6 Å². The molecule has 0 saturated heterocycles. The third kappa shape index (κ3) is 6.17. The van der Waals surface area contributed by atoms with E-state index in [1.54, 1.807) is 0 Å². The van der Waals surface area contributed by atoms with Crippen molar-refractivity contribution in [3.63, 3.8) is 0 Å². The Morgan fingerprint density at radius 2 is 1.78 bits per heavy atom. The van der Waals surface area contributed by atoms with Crippen LogP contribution in [0.4, 0.5) is 0 Å². The van der Waals surface area contributed by atoms with Crippen molar-refractivity contribution in [2.45, 2.75) is 6.42 Å². The van der Waals surface area contributed by atoms with Crippen LogP contribution in [0.15, 0.2) is 36.4 Å². The van der Waals surface area contributed by atoms with E-state index >= 15 is 0 Å². The standard InChI is InChI=1S/C17H24N2O3S/c1-19(2)10-11-22-17-7-6-15-12-14(4-5-16(15)13-17)8-9-18-23(3,20)21/h4-7,12-13,18H,8-11H2,1-3H3. The molecule has 0 heterocycles. The number of sulfonamides is 1. The topological polar surface area (TPSA) is 58.6 Å². The summed E-state index contributed by atoms with van der Waals surface area (Å²) in [4.78, 5) is 2.08. The Hall–Kier alpha value is -1.63. The number of likely N-dealkylation sites (N-methyl/N-ethyl adjacent to an activating group) is 1. The maximum absolute atomic E-state index is 11.1. The zero-order valence-electron chi connectivity index (χ0n) is 13.9. The van der Waals surface area contributed by atoms with Gasteiger partial charge in [0.15, 0.2) is 0 Å². The van der Waals surface area contributed by atoms with Gasteiger partial charge in [-0.2, -0.15) is 0 Å². The molecule has 0 aliphatic carbocycles. The highest BCUT2D eigenvalue weighted by Gasteiger charge is 2.03. The van der Waals surface area contributed by atoms with Crippen LogP contribution < -0.4 is 9.46 Å². The Labute approximate surface area is 138 Å². The van der Waals surface area contributed by atoms with E-state index in [1.165, 1.54) is 6.26 Å². The molecule has 2 aromatic carbocycles. The van der Waals surface area contributed by atoms with Crippen molar-refractivity contribution in [2.75, 3.05) is 40.0 Å². The lowest BCUT2D eigenvalue weighted by Crippen LogP contribution is -2.24. The molecule has 0 bridgehead atoms. The minimum atomic E-state index is -3.13. The predicted octanol–water partition coefficient (Wildman–Crippen LogP) is 1.87. The van der Waals surface area contributed by atoms with Gasteiger partial charge in [0.25, 0.3) is 0 Å².